The van der Waals surface area contributed by atoms with Crippen molar-refractivity contribution < 1.29 is 25.0 Å². The predicted octanol–water partition coefficient (Wildman–Crippen LogP) is 2.91. The first-order valence-corrected chi connectivity index (χ1v) is 10.9. The third-order valence-electron chi connectivity index (χ3n) is 6.28. The molecule has 0 saturated carbocycles. The maximum Gasteiger partial charge on any atom is 0.336 e. The van der Waals surface area contributed by atoms with Crippen LogP contribution in [0.4, 0.5) is 0 Å². The van der Waals surface area contributed by atoms with E-state index in [0.717, 1.165) is 48.5 Å². The molecule has 0 saturated heterocycles. The van der Waals surface area contributed by atoms with Crippen LogP contribution in [0.5, 0.6) is 0 Å². The quantitative estimate of drug-likeness (QED) is 0.194. The number of hydrogen-bond donors (Lipinski definition) is 5. The number of carboxylic acid groups (broad SMARTS) is 1. The molecule has 5 N–H and O–H groups in total. The minimum Gasteiger partial charge on any atom is -0.478 e. The molecule has 0 radical (unpaired) electrons. The molecule has 1 amide bonds. The number of rotatable bonds is 9. The van der Waals surface area contributed by atoms with E-state index < -0.39 is 11.9 Å². The highest BCUT2D eigenvalue weighted by Gasteiger charge is 2.29. The van der Waals surface area contributed by atoms with Gasteiger partial charge in [0.15, 0.2) is 0 Å². The van der Waals surface area contributed by atoms with Crippen LogP contribution in [0.25, 0.3) is 17.0 Å². The van der Waals surface area contributed by atoms with Crippen LogP contribution in [0.2, 0.25) is 0 Å². The van der Waals surface area contributed by atoms with Gasteiger partial charge in [-0.3, -0.25) is 14.9 Å². The number of nitrogens with zero attached hydrogens (tertiary/aromatic N) is 1. The minimum absolute atomic E-state index is 0.00854. The van der Waals surface area contributed by atoms with E-state index in [0.29, 0.717) is 12.1 Å². The van der Waals surface area contributed by atoms with Crippen LogP contribution >= 0.6 is 0 Å². The van der Waals surface area contributed by atoms with Crippen LogP contribution in [-0.2, 0) is 17.6 Å². The molecule has 0 bridgehead atoms. The van der Waals surface area contributed by atoms with Crippen LogP contribution in [-0.4, -0.2) is 56.9 Å². The van der Waals surface area contributed by atoms with Gasteiger partial charge < -0.3 is 15.2 Å². The molecule has 3 aromatic rings. The number of aliphatic hydroxyl groups is 1. The minimum atomic E-state index is -1.08. The number of aromatic carboxylic acids is 1. The molecule has 172 valence electrons. The lowest BCUT2D eigenvalue weighted by molar-refractivity contribution is -0.124. The first-order chi connectivity index (χ1) is 16.0. The average molecular weight is 450 g/mol. The number of hydroxylamine groups is 1. The van der Waals surface area contributed by atoms with Crippen molar-refractivity contribution in [2.45, 2.75) is 25.3 Å². The topological polar surface area (TPSA) is 126 Å². The van der Waals surface area contributed by atoms with Gasteiger partial charge in [0.05, 0.1) is 12.2 Å². The van der Waals surface area contributed by atoms with E-state index >= 15 is 0 Å². The lowest BCUT2D eigenvalue weighted by Gasteiger charge is -2.29. The number of aryl methyl sites for hydroxylation is 1. The van der Waals surface area contributed by atoms with Crippen molar-refractivity contribution in [3.8, 4) is 0 Å². The number of aliphatic hydroxyl groups excluding tert-OH is 1. The number of H-pyrrole nitrogens is 1. The number of para-hydroxylation sites is 1. The lowest BCUT2D eigenvalue weighted by atomic mass is 9.97. The van der Waals surface area contributed by atoms with Gasteiger partial charge in [-0.15, -0.1) is 0 Å². The second-order valence-corrected chi connectivity index (χ2v) is 8.18. The van der Waals surface area contributed by atoms with Crippen LogP contribution in [0.1, 0.15) is 45.1 Å². The zero-order chi connectivity index (χ0) is 23.4. The fourth-order valence-electron chi connectivity index (χ4n) is 4.71. The number of carbonyl (C=O) groups excluding carboxylic acids is 1. The highest BCUT2D eigenvalue weighted by Crippen LogP contribution is 2.38. The standard InChI is InChI=1S/C25H27N3O5/c29-12-11-28(10-9-18-15-26-22-4-2-1-3-19(18)22)23-7-5-16-13-17(6-8-24(30)27-33)21(25(31)32)14-20(16)23/h1-4,6,8,13-15,23,26,29,33H,5,7,9-12H2,(H,27,30)(H,31,32)/b8-6+. The fraction of sp³-hybridized carbons (Fsp3) is 0.280. The van der Waals surface area contributed by atoms with Gasteiger partial charge >= 0.3 is 5.97 Å². The summed E-state index contributed by atoms with van der Waals surface area (Å²) in [6.45, 7) is 1.24. The molecule has 1 aliphatic carbocycles. The first kappa shape index (κ1) is 22.7. The van der Waals surface area contributed by atoms with Gasteiger partial charge in [0.25, 0.3) is 5.91 Å². The van der Waals surface area contributed by atoms with Crippen LogP contribution in [0, 0.1) is 0 Å². The number of amides is 1. The Morgan fingerprint density at radius 1 is 1.21 bits per heavy atom. The molecule has 4 rings (SSSR count). The van der Waals surface area contributed by atoms with E-state index in [1.54, 1.807) is 12.1 Å². The third-order valence-corrected chi connectivity index (χ3v) is 6.28. The molecule has 0 aliphatic heterocycles. The summed E-state index contributed by atoms with van der Waals surface area (Å²) in [6, 6.07) is 11.6. The molecule has 2 aromatic carbocycles. The average Bonchev–Trinajstić information content (AvgIpc) is 3.43. The largest absolute Gasteiger partial charge is 0.478 e. The van der Waals surface area contributed by atoms with Gasteiger partial charge in [0, 0.05) is 42.3 Å². The summed E-state index contributed by atoms with van der Waals surface area (Å²) in [5.41, 5.74) is 6.30. The number of carboxylic acids is 1. The number of fused-ring (bicyclic) bond motifs is 2. The zero-order valence-electron chi connectivity index (χ0n) is 18.1. The summed E-state index contributed by atoms with van der Waals surface area (Å²) in [7, 11) is 0. The maximum atomic E-state index is 11.9. The molecule has 8 nitrogen and oxygen atoms in total. The zero-order valence-corrected chi connectivity index (χ0v) is 18.1. The van der Waals surface area contributed by atoms with Gasteiger partial charge in [0.2, 0.25) is 0 Å². The van der Waals surface area contributed by atoms with Crippen molar-refractivity contribution >= 4 is 28.9 Å². The van der Waals surface area contributed by atoms with Gasteiger partial charge in [-0.05, 0) is 59.7 Å². The maximum absolute atomic E-state index is 11.9. The Kier molecular flexibility index (Phi) is 6.88. The van der Waals surface area contributed by atoms with E-state index in [1.807, 2.05) is 24.4 Å². The van der Waals surface area contributed by atoms with Crippen molar-refractivity contribution in [2.75, 3.05) is 19.7 Å². The van der Waals surface area contributed by atoms with Crippen molar-refractivity contribution in [3.05, 3.63) is 76.5 Å². The molecule has 0 spiro atoms. The Labute approximate surface area is 191 Å². The van der Waals surface area contributed by atoms with Gasteiger partial charge in [-0.1, -0.05) is 24.3 Å². The van der Waals surface area contributed by atoms with Crippen molar-refractivity contribution in [1.82, 2.24) is 15.4 Å². The first-order valence-electron chi connectivity index (χ1n) is 10.9. The predicted molar refractivity (Wildman–Crippen MR) is 124 cm³/mol. The second kappa shape index (κ2) is 9.99. The van der Waals surface area contributed by atoms with Crippen molar-refractivity contribution in [1.29, 1.82) is 0 Å². The highest BCUT2D eigenvalue weighted by atomic mass is 16.5. The number of hydrogen-bond acceptors (Lipinski definition) is 5. The molecular formula is C25H27N3O5. The Bertz CT molecular complexity index is 1200. The van der Waals surface area contributed by atoms with Crippen LogP contribution < -0.4 is 5.48 Å². The second-order valence-electron chi connectivity index (χ2n) is 8.18. The molecule has 33 heavy (non-hydrogen) atoms. The highest BCUT2D eigenvalue weighted by molar-refractivity contribution is 5.96. The molecule has 0 fully saturated rings. The van der Waals surface area contributed by atoms with E-state index in [1.165, 1.54) is 22.5 Å². The molecule has 1 atom stereocenters. The summed E-state index contributed by atoms with van der Waals surface area (Å²) < 4.78 is 0. The Balaban J connectivity index is 1.59. The normalized spacial score (nSPS) is 15.4. The molecule has 1 aliphatic rings. The van der Waals surface area contributed by atoms with E-state index in [2.05, 4.69) is 16.0 Å². The Morgan fingerprint density at radius 2 is 2.03 bits per heavy atom. The Hall–Kier alpha value is -3.46. The summed E-state index contributed by atoms with van der Waals surface area (Å²) in [6.07, 6.45) is 6.92. The smallest absolute Gasteiger partial charge is 0.336 e. The number of carbonyl (C=O) groups is 2. The SMILES string of the molecule is O=C(/C=C/c1cc2c(cc1C(=O)O)C(N(CCO)CCc1c[nH]c3ccccc13)CC2)NO. The molecule has 8 heteroatoms. The summed E-state index contributed by atoms with van der Waals surface area (Å²) >= 11 is 0. The van der Waals surface area contributed by atoms with E-state index in [9.17, 15) is 19.8 Å². The summed E-state index contributed by atoms with van der Waals surface area (Å²) in [5.74, 6) is -1.81. The van der Waals surface area contributed by atoms with Crippen LogP contribution in [0.3, 0.4) is 0 Å². The van der Waals surface area contributed by atoms with Gasteiger partial charge in [0.1, 0.15) is 0 Å². The number of benzene rings is 2. The number of aromatic nitrogens is 1. The van der Waals surface area contributed by atoms with Gasteiger partial charge in [-0.2, -0.15) is 0 Å². The summed E-state index contributed by atoms with van der Waals surface area (Å²) in [4.78, 5) is 28.8. The van der Waals surface area contributed by atoms with E-state index in [-0.39, 0.29) is 18.2 Å². The number of aromatic amines is 1. The molecule has 1 unspecified atom stereocenters. The molecular weight excluding hydrogens is 422 g/mol. The third kappa shape index (κ3) is 4.83. The fourth-order valence-corrected chi connectivity index (χ4v) is 4.71. The monoisotopic (exact) mass is 449 g/mol. The van der Waals surface area contributed by atoms with Gasteiger partial charge in [-0.25, -0.2) is 10.3 Å². The van der Waals surface area contributed by atoms with Crippen molar-refractivity contribution in [3.63, 3.8) is 0 Å². The Morgan fingerprint density at radius 3 is 2.79 bits per heavy atom. The van der Waals surface area contributed by atoms with Crippen molar-refractivity contribution in [2.24, 2.45) is 0 Å². The summed E-state index contributed by atoms with van der Waals surface area (Å²) in [5, 5.41) is 29.3. The number of nitrogens with one attached hydrogen (secondary N) is 2. The molecule has 1 aromatic heterocycles. The lowest BCUT2D eigenvalue weighted by Crippen LogP contribution is -2.32. The molecule has 1 heterocycles. The van der Waals surface area contributed by atoms with E-state index in [4.69, 9.17) is 5.21 Å². The van der Waals surface area contributed by atoms with Crippen LogP contribution in [0.15, 0.2) is 48.7 Å².